The second kappa shape index (κ2) is 15.5. The first kappa shape index (κ1) is 34.1. The van der Waals surface area contributed by atoms with Crippen LogP contribution >= 0.6 is 22.9 Å². The number of nitrogens with zero attached hydrogens (tertiary/aromatic N) is 2. The second-order valence-electron chi connectivity index (χ2n) is 11.5. The van der Waals surface area contributed by atoms with Gasteiger partial charge in [0, 0.05) is 44.5 Å². The van der Waals surface area contributed by atoms with E-state index in [2.05, 4.69) is 17.4 Å². The number of halogens is 1. The molecule has 3 atom stereocenters. The number of hydrogen-bond acceptors (Lipinski definition) is 7. The van der Waals surface area contributed by atoms with Crippen LogP contribution in [0.2, 0.25) is 4.34 Å². The van der Waals surface area contributed by atoms with Crippen molar-refractivity contribution in [2.75, 3.05) is 13.7 Å². The number of nitrogens with one attached hydrogen (secondary N) is 1. The van der Waals surface area contributed by atoms with Gasteiger partial charge in [-0.3, -0.25) is 4.79 Å². The summed E-state index contributed by atoms with van der Waals surface area (Å²) >= 11 is 8.21. The predicted molar refractivity (Wildman–Crippen MR) is 179 cm³/mol. The van der Waals surface area contributed by atoms with Crippen molar-refractivity contribution in [3.05, 3.63) is 68.6 Å². The van der Waals surface area contributed by atoms with E-state index in [1.54, 1.807) is 19.2 Å². The van der Waals surface area contributed by atoms with E-state index in [9.17, 15) is 4.79 Å². The van der Waals surface area contributed by atoms with Crippen LogP contribution in [0.5, 0.6) is 17.2 Å². The first-order chi connectivity index (χ1) is 21.3. The van der Waals surface area contributed by atoms with Crippen molar-refractivity contribution >= 4 is 28.8 Å². The quantitative estimate of drug-likeness (QED) is 0.266. The maximum absolute atomic E-state index is 14.2. The Morgan fingerprint density at radius 3 is 2.55 bits per heavy atom. The maximum atomic E-state index is 14.2. The van der Waals surface area contributed by atoms with Gasteiger partial charge >= 0.3 is 0 Å². The molecule has 3 aromatic rings. The normalized spacial score (nSPS) is 20.9. The zero-order valence-corrected chi connectivity index (χ0v) is 28.8. The molecule has 1 N–H and O–H groups in total. The monoisotopic (exact) mass is 641 g/mol. The van der Waals surface area contributed by atoms with Crippen molar-refractivity contribution in [1.82, 2.24) is 15.2 Å². The third-order valence-electron chi connectivity index (χ3n) is 8.10. The van der Waals surface area contributed by atoms with Gasteiger partial charge in [0.1, 0.15) is 4.34 Å². The van der Waals surface area contributed by atoms with Crippen LogP contribution in [0, 0.1) is 5.92 Å². The molecule has 1 aromatic heterocycles. The lowest BCUT2D eigenvalue weighted by Gasteiger charge is -2.26. The molecule has 2 unspecified atom stereocenters. The molecule has 1 aliphatic carbocycles. The molecule has 1 saturated carbocycles. The van der Waals surface area contributed by atoms with E-state index in [-0.39, 0.29) is 11.9 Å². The number of hydrogen-bond donors (Lipinski definition) is 1. The first-order valence-electron chi connectivity index (χ1n) is 16.1. The number of thiazole rings is 1. The molecule has 0 spiro atoms. The summed E-state index contributed by atoms with van der Waals surface area (Å²) in [6, 6.07) is 14.5. The van der Waals surface area contributed by atoms with Gasteiger partial charge in [-0.15, -0.1) is 11.3 Å². The highest BCUT2D eigenvalue weighted by Gasteiger charge is 2.38. The molecule has 3 heterocycles. The number of methoxy groups -OCH3 is 1. The van der Waals surface area contributed by atoms with Crippen LogP contribution in [0.25, 0.3) is 0 Å². The summed E-state index contributed by atoms with van der Waals surface area (Å²) in [7, 11) is 1.57. The van der Waals surface area contributed by atoms with Crippen LogP contribution in [-0.4, -0.2) is 47.3 Å². The number of benzene rings is 2. The van der Waals surface area contributed by atoms with Gasteiger partial charge in [0.2, 0.25) is 11.5 Å². The maximum Gasteiger partial charge on any atom is 0.254 e. The molecule has 44 heavy (non-hydrogen) atoms. The Kier molecular flexibility index (Phi) is 12.0. The van der Waals surface area contributed by atoms with Gasteiger partial charge in [0.15, 0.2) is 11.5 Å². The van der Waals surface area contributed by atoms with Crippen LogP contribution in [0.1, 0.15) is 100 Å². The summed E-state index contributed by atoms with van der Waals surface area (Å²) in [5.41, 5.74) is 2.40. The van der Waals surface area contributed by atoms with E-state index in [1.807, 2.05) is 64.6 Å². The highest BCUT2D eigenvalue weighted by molar-refractivity contribution is 7.16. The first-order valence-corrected chi connectivity index (χ1v) is 17.3. The summed E-state index contributed by atoms with van der Waals surface area (Å²) in [5.74, 6) is 1.25. The average Bonchev–Trinajstić information content (AvgIpc) is 3.70. The molecule has 2 aliphatic heterocycles. The fourth-order valence-electron chi connectivity index (χ4n) is 6.30. The van der Waals surface area contributed by atoms with Gasteiger partial charge in [0.25, 0.3) is 5.91 Å². The minimum Gasteiger partial charge on any atom is -0.493 e. The SMILES string of the molecule is CC.CC.COc1cc(C(=O)N(Cc2nc(Cc3ccccc3)sc2Cl)C[C@@H]2CC3CCCCC3N2)cc2c1OC(C)(C)O2. The fraction of sp³-hybridized carbons (Fsp3) is 0.543. The summed E-state index contributed by atoms with van der Waals surface area (Å²) < 4.78 is 18.1. The molecule has 6 rings (SSSR count). The summed E-state index contributed by atoms with van der Waals surface area (Å²) in [4.78, 5) is 20.9. The van der Waals surface area contributed by atoms with Crippen LogP contribution in [0.15, 0.2) is 42.5 Å². The zero-order chi connectivity index (χ0) is 31.9. The van der Waals surface area contributed by atoms with Gasteiger partial charge in [-0.1, -0.05) is 82.5 Å². The van der Waals surface area contributed by atoms with Crippen molar-refractivity contribution in [2.24, 2.45) is 5.92 Å². The fourth-order valence-corrected chi connectivity index (χ4v) is 7.50. The second-order valence-corrected chi connectivity index (χ2v) is 13.2. The van der Waals surface area contributed by atoms with Crippen molar-refractivity contribution in [1.29, 1.82) is 0 Å². The van der Waals surface area contributed by atoms with Gasteiger partial charge in [0.05, 0.1) is 24.4 Å². The molecule has 3 aliphatic rings. The summed E-state index contributed by atoms with van der Waals surface area (Å²) in [6.07, 6.45) is 6.84. The van der Waals surface area contributed by atoms with E-state index in [1.165, 1.54) is 42.6 Å². The Morgan fingerprint density at radius 1 is 1.11 bits per heavy atom. The number of amides is 1. The molecule has 0 radical (unpaired) electrons. The average molecular weight is 642 g/mol. The van der Waals surface area contributed by atoms with E-state index in [4.69, 9.17) is 30.8 Å². The highest BCUT2D eigenvalue weighted by Crippen LogP contribution is 2.47. The standard InChI is InChI=1S/C31H36ClN3O4S.2C2H6/c1-31(2)38-26-16-21(15-25(37-3)28(26)39-31)30(36)35(17-22-14-20-11-7-8-12-23(20)33-22)18-24-29(32)40-27(34-24)13-19-9-5-4-6-10-19;2*1-2/h4-6,9-10,15-16,20,22-23,33H,7-8,11-14,17-18H2,1-3H3;2*1-2H3/t20?,22-,23?;;/m0../s1. The molecule has 7 nitrogen and oxygen atoms in total. The van der Waals surface area contributed by atoms with Crippen molar-refractivity contribution in [2.45, 2.75) is 104 Å². The van der Waals surface area contributed by atoms with E-state index < -0.39 is 5.79 Å². The smallest absolute Gasteiger partial charge is 0.254 e. The number of carbonyl (C=O) groups excluding carboxylic acids is 1. The number of carbonyl (C=O) groups is 1. The lowest BCUT2D eigenvalue weighted by molar-refractivity contribution is -0.0439. The summed E-state index contributed by atoms with van der Waals surface area (Å²) in [6.45, 7) is 12.6. The van der Waals surface area contributed by atoms with Crippen molar-refractivity contribution in [3.8, 4) is 17.2 Å². The third-order valence-corrected chi connectivity index (χ3v) is 9.43. The van der Waals surface area contributed by atoms with Crippen LogP contribution in [-0.2, 0) is 13.0 Å². The molecule has 2 aromatic carbocycles. The molecule has 9 heteroatoms. The predicted octanol–water partition coefficient (Wildman–Crippen LogP) is 8.52. The molecule has 2 fully saturated rings. The Hall–Kier alpha value is -2.81. The minimum absolute atomic E-state index is 0.111. The number of ether oxygens (including phenoxy) is 3. The Balaban J connectivity index is 0.00000106. The molecule has 1 saturated heterocycles. The van der Waals surface area contributed by atoms with Crippen molar-refractivity contribution in [3.63, 3.8) is 0 Å². The highest BCUT2D eigenvalue weighted by atomic mass is 35.5. The molecular weight excluding hydrogens is 594 g/mol. The topological polar surface area (TPSA) is 72.9 Å². The van der Waals surface area contributed by atoms with E-state index in [0.717, 1.165) is 17.1 Å². The van der Waals surface area contributed by atoms with Gasteiger partial charge in [-0.05, 0) is 42.9 Å². The lowest BCUT2D eigenvalue weighted by Crippen LogP contribution is -2.42. The van der Waals surface area contributed by atoms with Crippen LogP contribution in [0.4, 0.5) is 0 Å². The Bertz CT molecular complexity index is 1370. The van der Waals surface area contributed by atoms with E-state index in [0.29, 0.717) is 58.6 Å². The number of aromatic nitrogens is 1. The van der Waals surface area contributed by atoms with Gasteiger partial charge < -0.3 is 24.4 Å². The number of rotatable bonds is 8. The molecule has 0 bridgehead atoms. The number of fused-ring (bicyclic) bond motifs is 2. The molecule has 1 amide bonds. The Morgan fingerprint density at radius 2 is 1.84 bits per heavy atom. The third kappa shape index (κ3) is 8.06. The Labute approximate surface area is 272 Å². The lowest BCUT2D eigenvalue weighted by atomic mass is 9.85. The van der Waals surface area contributed by atoms with Crippen LogP contribution in [0.3, 0.4) is 0 Å². The van der Waals surface area contributed by atoms with Gasteiger partial charge in [-0.2, -0.15) is 0 Å². The largest absolute Gasteiger partial charge is 0.493 e. The molecular formula is C35H48ClN3O4S. The van der Waals surface area contributed by atoms with E-state index >= 15 is 0 Å². The minimum atomic E-state index is -0.829. The van der Waals surface area contributed by atoms with Crippen molar-refractivity contribution < 1.29 is 19.0 Å². The summed E-state index contributed by atoms with van der Waals surface area (Å²) in [5, 5.41) is 4.77. The van der Waals surface area contributed by atoms with Crippen LogP contribution < -0.4 is 19.5 Å². The zero-order valence-electron chi connectivity index (χ0n) is 27.2. The molecule has 240 valence electrons. The van der Waals surface area contributed by atoms with Gasteiger partial charge in [-0.25, -0.2) is 4.98 Å².